The largest absolute Gasteiger partial charge is 0.478 e. The molecule has 0 saturated heterocycles. The van der Waals surface area contributed by atoms with Crippen LogP contribution in [0, 0.1) is 6.92 Å². The van der Waals surface area contributed by atoms with Crippen LogP contribution in [0.3, 0.4) is 0 Å². The highest BCUT2D eigenvalue weighted by Crippen LogP contribution is 2.33. The van der Waals surface area contributed by atoms with Crippen molar-refractivity contribution in [2.75, 3.05) is 7.05 Å². The molecule has 0 aliphatic carbocycles. The average molecular weight is 301 g/mol. The van der Waals surface area contributed by atoms with Crippen LogP contribution in [0.15, 0.2) is 52.3 Å². The second kappa shape index (κ2) is 6.45. The molecule has 0 aromatic heterocycles. The Morgan fingerprint density at radius 1 is 1.05 bits per heavy atom. The lowest BCUT2D eigenvalue weighted by atomic mass is 10.1. The molecular weight excluding hydrogens is 286 g/mol. The molecule has 0 saturated carbocycles. The number of nitrogens with one attached hydrogen (secondary N) is 1. The van der Waals surface area contributed by atoms with Crippen molar-refractivity contribution in [1.82, 2.24) is 5.32 Å². The number of carbonyl (C=O) groups is 2. The van der Waals surface area contributed by atoms with E-state index < -0.39 is 5.97 Å². The van der Waals surface area contributed by atoms with Gasteiger partial charge in [0.05, 0.1) is 11.1 Å². The molecule has 0 heterocycles. The lowest BCUT2D eigenvalue weighted by molar-refractivity contribution is 0.0692. The zero-order valence-electron chi connectivity index (χ0n) is 11.7. The second-order valence-corrected chi connectivity index (χ2v) is 5.57. The normalized spacial score (nSPS) is 10.2. The summed E-state index contributed by atoms with van der Waals surface area (Å²) in [7, 11) is 1.57. The number of rotatable bonds is 4. The number of hydrogen-bond acceptors (Lipinski definition) is 3. The van der Waals surface area contributed by atoms with Crippen LogP contribution in [0.2, 0.25) is 0 Å². The number of hydrogen-bond donors (Lipinski definition) is 2. The van der Waals surface area contributed by atoms with Crippen molar-refractivity contribution in [3.63, 3.8) is 0 Å². The van der Waals surface area contributed by atoms with Crippen LogP contribution in [0.25, 0.3) is 0 Å². The van der Waals surface area contributed by atoms with Gasteiger partial charge < -0.3 is 10.4 Å². The van der Waals surface area contributed by atoms with E-state index in [2.05, 4.69) is 5.32 Å². The van der Waals surface area contributed by atoms with Crippen LogP contribution in [0.5, 0.6) is 0 Å². The summed E-state index contributed by atoms with van der Waals surface area (Å²) >= 11 is 1.28. The molecule has 1 amide bonds. The molecule has 0 spiro atoms. The van der Waals surface area contributed by atoms with Gasteiger partial charge in [-0.2, -0.15) is 0 Å². The Labute approximate surface area is 127 Å². The van der Waals surface area contributed by atoms with Crippen molar-refractivity contribution in [2.45, 2.75) is 16.7 Å². The number of benzene rings is 2. The van der Waals surface area contributed by atoms with Crippen LogP contribution in [-0.2, 0) is 0 Å². The Bertz CT molecular complexity index is 698. The molecule has 0 unspecified atom stereocenters. The van der Waals surface area contributed by atoms with Crippen molar-refractivity contribution in [1.29, 1.82) is 0 Å². The van der Waals surface area contributed by atoms with Crippen LogP contribution >= 0.6 is 11.8 Å². The Balaban J connectivity index is 2.44. The molecule has 2 rings (SSSR count). The minimum atomic E-state index is -0.973. The van der Waals surface area contributed by atoms with Gasteiger partial charge in [-0.25, -0.2) is 4.79 Å². The third-order valence-electron chi connectivity index (χ3n) is 2.94. The maximum Gasteiger partial charge on any atom is 0.336 e. The van der Waals surface area contributed by atoms with E-state index in [-0.39, 0.29) is 11.5 Å². The van der Waals surface area contributed by atoms with Gasteiger partial charge in [0.2, 0.25) is 0 Å². The van der Waals surface area contributed by atoms with Crippen LogP contribution < -0.4 is 5.32 Å². The van der Waals surface area contributed by atoms with Gasteiger partial charge in [0.25, 0.3) is 5.91 Å². The predicted octanol–water partition coefficient (Wildman–Crippen LogP) is 3.20. The summed E-state index contributed by atoms with van der Waals surface area (Å²) in [6, 6.07) is 12.4. The van der Waals surface area contributed by atoms with Gasteiger partial charge in [-0.3, -0.25) is 4.79 Å². The molecule has 0 fully saturated rings. The SMILES string of the molecule is CNC(=O)c1ccccc1Sc1ccc(C)cc1C(=O)O. The predicted molar refractivity (Wildman–Crippen MR) is 82.1 cm³/mol. The highest BCUT2D eigenvalue weighted by atomic mass is 32.2. The van der Waals surface area contributed by atoms with Crippen molar-refractivity contribution in [3.8, 4) is 0 Å². The van der Waals surface area contributed by atoms with E-state index in [1.807, 2.05) is 19.1 Å². The molecule has 0 aliphatic heterocycles. The van der Waals surface area contributed by atoms with Crippen molar-refractivity contribution < 1.29 is 14.7 Å². The second-order valence-electron chi connectivity index (χ2n) is 4.48. The lowest BCUT2D eigenvalue weighted by Crippen LogP contribution is -2.18. The molecule has 2 aromatic rings. The highest BCUT2D eigenvalue weighted by Gasteiger charge is 2.15. The molecular formula is C16H15NO3S. The van der Waals surface area contributed by atoms with Gasteiger partial charge in [0.15, 0.2) is 0 Å². The first kappa shape index (κ1) is 15.1. The van der Waals surface area contributed by atoms with Crippen LogP contribution in [0.1, 0.15) is 26.3 Å². The molecule has 21 heavy (non-hydrogen) atoms. The third kappa shape index (κ3) is 3.44. The van der Waals surface area contributed by atoms with Crippen LogP contribution in [0.4, 0.5) is 0 Å². The van der Waals surface area contributed by atoms with Gasteiger partial charge in [0, 0.05) is 16.8 Å². The Hall–Kier alpha value is -2.27. The molecule has 2 N–H and O–H groups in total. The van der Waals surface area contributed by atoms with Gasteiger partial charge >= 0.3 is 5.97 Å². The number of amides is 1. The zero-order valence-corrected chi connectivity index (χ0v) is 12.5. The number of aromatic carboxylic acids is 1. The van der Waals surface area contributed by atoms with E-state index in [0.29, 0.717) is 10.5 Å². The third-order valence-corrected chi connectivity index (χ3v) is 4.10. The van der Waals surface area contributed by atoms with Crippen molar-refractivity contribution in [2.24, 2.45) is 0 Å². The zero-order chi connectivity index (χ0) is 15.4. The minimum absolute atomic E-state index is 0.193. The highest BCUT2D eigenvalue weighted by molar-refractivity contribution is 7.99. The van der Waals surface area contributed by atoms with Gasteiger partial charge in [0.1, 0.15) is 0 Å². The van der Waals surface area contributed by atoms with E-state index in [4.69, 9.17) is 0 Å². The molecule has 0 radical (unpaired) electrons. The first-order valence-corrected chi connectivity index (χ1v) is 7.17. The number of carboxylic acids is 1. The summed E-state index contributed by atoms with van der Waals surface area (Å²) in [6.45, 7) is 1.85. The first-order chi connectivity index (χ1) is 10.0. The smallest absolute Gasteiger partial charge is 0.336 e. The number of carbonyl (C=O) groups excluding carboxylic acids is 1. The molecule has 0 bridgehead atoms. The van der Waals surface area contributed by atoms with Gasteiger partial charge in [-0.15, -0.1) is 0 Å². The Kier molecular flexibility index (Phi) is 4.65. The fourth-order valence-electron chi connectivity index (χ4n) is 1.90. The van der Waals surface area contributed by atoms with E-state index in [0.717, 1.165) is 10.5 Å². The molecule has 4 nitrogen and oxygen atoms in total. The number of aryl methyl sites for hydroxylation is 1. The Morgan fingerprint density at radius 2 is 1.71 bits per heavy atom. The number of carboxylic acid groups (broad SMARTS) is 1. The summed E-state index contributed by atoms with van der Waals surface area (Å²) in [4.78, 5) is 24.5. The summed E-state index contributed by atoms with van der Waals surface area (Å²) in [6.07, 6.45) is 0. The summed E-state index contributed by atoms with van der Waals surface area (Å²) in [5.41, 5.74) is 1.66. The minimum Gasteiger partial charge on any atom is -0.478 e. The van der Waals surface area contributed by atoms with Crippen molar-refractivity contribution >= 4 is 23.6 Å². The fraction of sp³-hybridized carbons (Fsp3) is 0.125. The van der Waals surface area contributed by atoms with Crippen molar-refractivity contribution in [3.05, 3.63) is 59.2 Å². The maximum absolute atomic E-state index is 11.9. The summed E-state index contributed by atoms with van der Waals surface area (Å²) in [5, 5.41) is 11.9. The lowest BCUT2D eigenvalue weighted by Gasteiger charge is -2.10. The fourth-order valence-corrected chi connectivity index (χ4v) is 2.94. The quantitative estimate of drug-likeness (QED) is 0.910. The molecule has 0 aliphatic rings. The van der Waals surface area contributed by atoms with E-state index in [1.54, 1.807) is 37.4 Å². The summed E-state index contributed by atoms with van der Waals surface area (Å²) in [5.74, 6) is -1.17. The van der Waals surface area contributed by atoms with Gasteiger partial charge in [-0.1, -0.05) is 35.5 Å². The molecule has 108 valence electrons. The monoisotopic (exact) mass is 301 g/mol. The average Bonchev–Trinajstić information content (AvgIpc) is 2.48. The maximum atomic E-state index is 11.9. The Morgan fingerprint density at radius 3 is 2.38 bits per heavy atom. The van der Waals surface area contributed by atoms with Crippen LogP contribution in [-0.4, -0.2) is 24.0 Å². The standard InChI is InChI=1S/C16H15NO3S/c1-10-7-8-14(12(9-10)16(19)20)21-13-6-4-3-5-11(13)15(18)17-2/h3-9H,1-2H3,(H,17,18)(H,19,20). The van der Waals surface area contributed by atoms with E-state index in [9.17, 15) is 14.7 Å². The molecule has 5 heteroatoms. The topological polar surface area (TPSA) is 66.4 Å². The molecule has 0 atom stereocenters. The van der Waals surface area contributed by atoms with E-state index in [1.165, 1.54) is 11.8 Å². The van der Waals surface area contributed by atoms with E-state index >= 15 is 0 Å². The molecule has 2 aromatic carbocycles. The summed E-state index contributed by atoms with van der Waals surface area (Å²) < 4.78 is 0. The van der Waals surface area contributed by atoms with Gasteiger partial charge in [-0.05, 0) is 31.2 Å². The first-order valence-electron chi connectivity index (χ1n) is 6.36.